The van der Waals surface area contributed by atoms with E-state index in [4.69, 9.17) is 4.98 Å². The molecule has 0 saturated heterocycles. The summed E-state index contributed by atoms with van der Waals surface area (Å²) in [6, 6.07) is 12.6. The van der Waals surface area contributed by atoms with E-state index in [1.165, 1.54) is 29.0 Å². The summed E-state index contributed by atoms with van der Waals surface area (Å²) in [4.78, 5) is 21.7. The molecule has 1 aliphatic carbocycles. The van der Waals surface area contributed by atoms with E-state index in [9.17, 15) is 0 Å². The lowest BCUT2D eigenvalue weighted by atomic mass is 9.98. The molecule has 31 heavy (non-hydrogen) atoms. The number of hydrogen-bond acceptors (Lipinski definition) is 8. The van der Waals surface area contributed by atoms with Gasteiger partial charge in [0.1, 0.15) is 17.2 Å². The Morgan fingerprint density at radius 3 is 2.68 bits per heavy atom. The fourth-order valence-corrected chi connectivity index (χ4v) is 6.12. The monoisotopic (exact) mass is 463 g/mol. The number of aromatic nitrogens is 4. The first-order chi connectivity index (χ1) is 15.2. The third kappa shape index (κ3) is 4.92. The molecule has 0 atom stereocenters. The molecule has 0 radical (unpaired) electrons. The maximum absolute atomic E-state index is 4.76. The third-order valence-corrected chi connectivity index (χ3v) is 7.86. The second kappa shape index (κ2) is 9.38. The van der Waals surface area contributed by atoms with E-state index in [1.54, 1.807) is 41.2 Å². The molecule has 5 rings (SSSR count). The van der Waals surface area contributed by atoms with Crippen molar-refractivity contribution < 1.29 is 0 Å². The zero-order valence-corrected chi connectivity index (χ0v) is 19.5. The average molecular weight is 464 g/mol. The van der Waals surface area contributed by atoms with Crippen LogP contribution in [0.2, 0.25) is 0 Å². The molecule has 3 aromatic heterocycles. The van der Waals surface area contributed by atoms with Gasteiger partial charge in [-0.3, -0.25) is 0 Å². The molecule has 5 nitrogen and oxygen atoms in total. The van der Waals surface area contributed by atoms with Gasteiger partial charge in [-0.2, -0.15) is 0 Å². The lowest BCUT2D eigenvalue weighted by molar-refractivity contribution is 0.645. The summed E-state index contributed by atoms with van der Waals surface area (Å²) in [5.74, 6) is 0.817. The molecule has 0 spiro atoms. The summed E-state index contributed by atoms with van der Waals surface area (Å²) in [6.07, 6.45) is 8.14. The van der Waals surface area contributed by atoms with Crippen LogP contribution >= 0.6 is 34.9 Å². The second-order valence-corrected chi connectivity index (χ2v) is 10.3. The van der Waals surface area contributed by atoms with E-state index in [-0.39, 0.29) is 0 Å². The molecular formula is C23H21N5S3. The number of anilines is 2. The lowest BCUT2D eigenvalue weighted by Crippen LogP contribution is -2.07. The van der Waals surface area contributed by atoms with Gasteiger partial charge < -0.3 is 5.32 Å². The summed E-state index contributed by atoms with van der Waals surface area (Å²) in [6.45, 7) is 2.00. The molecule has 1 N–H and O–H groups in total. The summed E-state index contributed by atoms with van der Waals surface area (Å²) in [7, 11) is 0. The van der Waals surface area contributed by atoms with Gasteiger partial charge in [0.15, 0.2) is 5.13 Å². The van der Waals surface area contributed by atoms with Gasteiger partial charge in [0.25, 0.3) is 0 Å². The van der Waals surface area contributed by atoms with Crippen molar-refractivity contribution in [3.63, 3.8) is 0 Å². The molecule has 8 heteroatoms. The van der Waals surface area contributed by atoms with Crippen LogP contribution in [0.4, 0.5) is 10.9 Å². The van der Waals surface area contributed by atoms with Gasteiger partial charge in [-0.15, -0.1) is 11.3 Å². The van der Waals surface area contributed by atoms with Crippen molar-refractivity contribution in [1.82, 2.24) is 19.9 Å². The van der Waals surface area contributed by atoms with Crippen molar-refractivity contribution >= 4 is 45.8 Å². The zero-order chi connectivity index (χ0) is 21.0. The predicted molar refractivity (Wildman–Crippen MR) is 128 cm³/mol. The Hall–Kier alpha value is -2.42. The second-order valence-electron chi connectivity index (χ2n) is 7.27. The van der Waals surface area contributed by atoms with E-state index in [2.05, 4.69) is 50.6 Å². The van der Waals surface area contributed by atoms with Gasteiger partial charge in [-0.05, 0) is 50.8 Å². The van der Waals surface area contributed by atoms with Crippen molar-refractivity contribution in [3.8, 4) is 0 Å². The molecule has 3 heterocycles. The molecule has 0 unspecified atom stereocenters. The lowest BCUT2D eigenvalue weighted by Gasteiger charge is -2.17. The molecule has 0 fully saturated rings. The Morgan fingerprint density at radius 1 is 0.968 bits per heavy atom. The molecular weight excluding hydrogens is 442 g/mol. The molecule has 4 aromatic rings. The van der Waals surface area contributed by atoms with Crippen LogP contribution in [-0.4, -0.2) is 19.9 Å². The highest BCUT2D eigenvalue weighted by Crippen LogP contribution is 2.39. The van der Waals surface area contributed by atoms with Crippen LogP contribution in [-0.2, 0) is 12.8 Å². The van der Waals surface area contributed by atoms with Gasteiger partial charge in [0.2, 0.25) is 0 Å². The van der Waals surface area contributed by atoms with Crippen molar-refractivity contribution in [2.75, 3.05) is 5.32 Å². The van der Waals surface area contributed by atoms with E-state index in [1.807, 2.05) is 24.6 Å². The SMILES string of the molecule is Cc1csc(Nc2ncc(Sc3ncnc4c3CCCC4)cc2Sc2ccccc2)n1. The van der Waals surface area contributed by atoms with E-state index >= 15 is 0 Å². The predicted octanol–water partition coefficient (Wildman–Crippen LogP) is 6.56. The number of fused-ring (bicyclic) bond motifs is 1. The largest absolute Gasteiger partial charge is 0.315 e. The fourth-order valence-electron chi connectivity index (χ4n) is 3.47. The Labute approximate surface area is 194 Å². The number of thiazole rings is 1. The number of nitrogens with one attached hydrogen (secondary N) is 1. The molecule has 0 aliphatic heterocycles. The standard InChI is InChI=1S/C23H21N5S3/c1-15-13-29-23(27-15)28-21-20(30-16-7-3-2-4-8-16)11-17(12-24-21)31-22-18-9-5-6-10-19(18)25-14-26-22/h2-4,7-8,11-14H,5-6,9-10H2,1H3,(H,24,27,28). The van der Waals surface area contributed by atoms with Crippen LogP contribution in [0.3, 0.4) is 0 Å². The van der Waals surface area contributed by atoms with Crippen molar-refractivity contribution in [2.45, 2.75) is 52.3 Å². The topological polar surface area (TPSA) is 63.6 Å². The highest BCUT2D eigenvalue weighted by atomic mass is 32.2. The Balaban J connectivity index is 1.47. The number of rotatable bonds is 6. The number of pyridine rings is 1. The molecule has 0 saturated carbocycles. The van der Waals surface area contributed by atoms with Crippen LogP contribution in [0.1, 0.15) is 29.8 Å². The smallest absolute Gasteiger partial charge is 0.188 e. The molecule has 1 aromatic carbocycles. The Kier molecular flexibility index (Phi) is 6.20. The van der Waals surface area contributed by atoms with Crippen LogP contribution in [0.5, 0.6) is 0 Å². The normalized spacial score (nSPS) is 13.1. The first-order valence-corrected chi connectivity index (χ1v) is 12.7. The summed E-state index contributed by atoms with van der Waals surface area (Å²) in [5, 5.41) is 7.34. The van der Waals surface area contributed by atoms with Crippen LogP contribution in [0.25, 0.3) is 0 Å². The van der Waals surface area contributed by atoms with Crippen molar-refractivity contribution in [3.05, 3.63) is 71.3 Å². The summed E-state index contributed by atoms with van der Waals surface area (Å²) >= 11 is 4.97. The minimum absolute atomic E-state index is 0.817. The average Bonchev–Trinajstić information content (AvgIpc) is 3.21. The highest BCUT2D eigenvalue weighted by molar-refractivity contribution is 8.00. The first-order valence-electron chi connectivity index (χ1n) is 10.2. The number of benzene rings is 1. The van der Waals surface area contributed by atoms with Gasteiger partial charge in [-0.25, -0.2) is 19.9 Å². The first kappa shape index (κ1) is 20.5. The van der Waals surface area contributed by atoms with E-state index in [0.717, 1.165) is 44.3 Å². The van der Waals surface area contributed by atoms with Gasteiger partial charge in [0, 0.05) is 32.6 Å². The van der Waals surface area contributed by atoms with Crippen molar-refractivity contribution in [2.24, 2.45) is 0 Å². The number of hydrogen-bond donors (Lipinski definition) is 1. The quantitative estimate of drug-likeness (QED) is 0.325. The van der Waals surface area contributed by atoms with Gasteiger partial charge >= 0.3 is 0 Å². The molecule has 0 amide bonds. The third-order valence-electron chi connectivity index (χ3n) is 4.94. The highest BCUT2D eigenvalue weighted by Gasteiger charge is 2.17. The molecule has 0 bridgehead atoms. The fraction of sp³-hybridized carbons (Fsp3) is 0.217. The Morgan fingerprint density at radius 2 is 1.84 bits per heavy atom. The summed E-state index contributed by atoms with van der Waals surface area (Å²) < 4.78 is 0. The Bertz CT molecular complexity index is 1190. The zero-order valence-electron chi connectivity index (χ0n) is 17.0. The molecule has 156 valence electrons. The van der Waals surface area contributed by atoms with E-state index < -0.39 is 0 Å². The van der Waals surface area contributed by atoms with Crippen LogP contribution in [0, 0.1) is 6.92 Å². The minimum Gasteiger partial charge on any atom is -0.315 e. The van der Waals surface area contributed by atoms with E-state index in [0.29, 0.717) is 0 Å². The number of nitrogens with zero attached hydrogens (tertiary/aromatic N) is 4. The van der Waals surface area contributed by atoms with Gasteiger partial charge in [0.05, 0.1) is 10.6 Å². The van der Waals surface area contributed by atoms with Gasteiger partial charge in [-0.1, -0.05) is 41.7 Å². The minimum atomic E-state index is 0.817. The van der Waals surface area contributed by atoms with Crippen LogP contribution in [0.15, 0.2) is 74.0 Å². The maximum Gasteiger partial charge on any atom is 0.188 e. The number of aryl methyl sites for hydroxylation is 2. The summed E-state index contributed by atoms with van der Waals surface area (Å²) in [5.41, 5.74) is 3.51. The molecule has 1 aliphatic rings. The maximum atomic E-state index is 4.76. The van der Waals surface area contributed by atoms with Crippen LogP contribution < -0.4 is 5.32 Å². The van der Waals surface area contributed by atoms with Crippen molar-refractivity contribution in [1.29, 1.82) is 0 Å².